The number of nitrogens with zero attached hydrogens (tertiary/aromatic N) is 3. The summed E-state index contributed by atoms with van der Waals surface area (Å²) in [4.78, 5) is 11.3. The van der Waals surface area contributed by atoms with E-state index in [1.54, 1.807) is 6.20 Å². The lowest BCUT2D eigenvalue weighted by atomic mass is 10.1. The molecule has 1 aliphatic heterocycles. The van der Waals surface area contributed by atoms with E-state index in [0.29, 0.717) is 6.04 Å². The zero-order valence-electron chi connectivity index (χ0n) is 12.4. The molecule has 1 unspecified atom stereocenters. The molecule has 106 valence electrons. The number of hydrogen-bond acceptors (Lipinski definition) is 5. The zero-order chi connectivity index (χ0) is 13.9. The van der Waals surface area contributed by atoms with E-state index in [4.69, 9.17) is 0 Å². The molecule has 1 atom stereocenters. The van der Waals surface area contributed by atoms with E-state index in [0.717, 1.165) is 37.8 Å². The molecule has 0 aliphatic carbocycles. The Hall–Kier alpha value is -1.36. The van der Waals surface area contributed by atoms with Gasteiger partial charge in [-0.15, -0.1) is 0 Å². The molecule has 2 N–H and O–H groups in total. The van der Waals surface area contributed by atoms with Gasteiger partial charge in [-0.05, 0) is 40.2 Å². The van der Waals surface area contributed by atoms with Crippen LogP contribution in [0.25, 0.3) is 0 Å². The summed E-state index contributed by atoms with van der Waals surface area (Å²) in [5.74, 6) is 1.60. The monoisotopic (exact) mass is 263 g/mol. The maximum absolute atomic E-state index is 4.46. The van der Waals surface area contributed by atoms with Gasteiger partial charge >= 0.3 is 0 Å². The molecule has 5 nitrogen and oxygen atoms in total. The first-order valence-corrected chi connectivity index (χ1v) is 7.07. The molecule has 0 spiro atoms. The van der Waals surface area contributed by atoms with E-state index < -0.39 is 0 Å². The highest BCUT2D eigenvalue weighted by Crippen LogP contribution is 2.22. The summed E-state index contributed by atoms with van der Waals surface area (Å²) in [7, 11) is 0. The highest BCUT2D eigenvalue weighted by atomic mass is 15.3. The quantitative estimate of drug-likeness (QED) is 0.872. The van der Waals surface area contributed by atoms with Crippen LogP contribution in [0.1, 0.15) is 34.1 Å². The standard InChI is InChI=1S/C14H25N5/c1-5-15-12-6-8-16-13(18-12)17-11-7-9-19(10-11)14(2,3)4/h6,8,11H,5,7,9-10H2,1-4H3,(H2,15,16,17,18). The molecular formula is C14H25N5. The SMILES string of the molecule is CCNc1ccnc(NC2CCN(C(C)(C)C)C2)n1. The maximum atomic E-state index is 4.46. The summed E-state index contributed by atoms with van der Waals surface area (Å²) in [6.07, 6.45) is 2.94. The molecule has 1 fully saturated rings. The summed E-state index contributed by atoms with van der Waals surface area (Å²) in [6, 6.07) is 2.33. The van der Waals surface area contributed by atoms with Crippen molar-refractivity contribution in [2.24, 2.45) is 0 Å². The smallest absolute Gasteiger partial charge is 0.224 e. The van der Waals surface area contributed by atoms with Crippen LogP contribution in [0.5, 0.6) is 0 Å². The third-order valence-electron chi connectivity index (χ3n) is 3.48. The van der Waals surface area contributed by atoms with Crippen LogP contribution in [0.4, 0.5) is 11.8 Å². The Morgan fingerprint density at radius 1 is 1.42 bits per heavy atom. The lowest BCUT2D eigenvalue weighted by molar-refractivity contribution is 0.174. The highest BCUT2D eigenvalue weighted by molar-refractivity contribution is 5.40. The molecule has 1 aliphatic rings. The first-order chi connectivity index (χ1) is 8.99. The lowest BCUT2D eigenvalue weighted by Gasteiger charge is -2.31. The van der Waals surface area contributed by atoms with Crippen molar-refractivity contribution in [2.45, 2.75) is 45.7 Å². The Morgan fingerprint density at radius 2 is 2.21 bits per heavy atom. The van der Waals surface area contributed by atoms with Gasteiger partial charge in [-0.1, -0.05) is 0 Å². The molecule has 0 saturated carbocycles. The molecule has 0 amide bonds. The molecule has 2 heterocycles. The average molecular weight is 263 g/mol. The Balaban J connectivity index is 1.93. The number of likely N-dealkylation sites (tertiary alicyclic amines) is 1. The molecule has 1 saturated heterocycles. The number of nitrogens with one attached hydrogen (secondary N) is 2. The average Bonchev–Trinajstić information content (AvgIpc) is 2.78. The van der Waals surface area contributed by atoms with Gasteiger partial charge in [0.15, 0.2) is 0 Å². The Morgan fingerprint density at radius 3 is 2.84 bits per heavy atom. The molecule has 19 heavy (non-hydrogen) atoms. The fourth-order valence-electron chi connectivity index (χ4n) is 2.38. The normalized spacial score (nSPS) is 20.5. The van der Waals surface area contributed by atoms with E-state index >= 15 is 0 Å². The van der Waals surface area contributed by atoms with Crippen LogP contribution in [0.2, 0.25) is 0 Å². The third-order valence-corrected chi connectivity index (χ3v) is 3.48. The fraction of sp³-hybridized carbons (Fsp3) is 0.714. The van der Waals surface area contributed by atoms with Crippen LogP contribution >= 0.6 is 0 Å². The van der Waals surface area contributed by atoms with Crippen molar-refractivity contribution in [3.63, 3.8) is 0 Å². The topological polar surface area (TPSA) is 53.1 Å². The predicted molar refractivity (Wildman–Crippen MR) is 79.5 cm³/mol. The van der Waals surface area contributed by atoms with Crippen molar-refractivity contribution >= 4 is 11.8 Å². The van der Waals surface area contributed by atoms with Crippen molar-refractivity contribution < 1.29 is 0 Å². The van der Waals surface area contributed by atoms with Crippen LogP contribution in [0.3, 0.4) is 0 Å². The van der Waals surface area contributed by atoms with E-state index in [2.05, 4.69) is 53.2 Å². The molecule has 0 bridgehead atoms. The number of anilines is 2. The largest absolute Gasteiger partial charge is 0.370 e. The van der Waals surface area contributed by atoms with Gasteiger partial charge in [-0.25, -0.2) is 4.98 Å². The molecular weight excluding hydrogens is 238 g/mol. The van der Waals surface area contributed by atoms with E-state index in [9.17, 15) is 0 Å². The number of aromatic nitrogens is 2. The second-order valence-electron chi connectivity index (χ2n) is 6.04. The predicted octanol–water partition coefficient (Wildman–Crippen LogP) is 2.19. The molecule has 0 aromatic carbocycles. The second kappa shape index (κ2) is 5.74. The summed E-state index contributed by atoms with van der Waals surface area (Å²) >= 11 is 0. The molecule has 1 aromatic rings. The minimum absolute atomic E-state index is 0.239. The van der Waals surface area contributed by atoms with Crippen molar-refractivity contribution in [1.29, 1.82) is 0 Å². The van der Waals surface area contributed by atoms with Gasteiger partial charge in [0, 0.05) is 37.4 Å². The van der Waals surface area contributed by atoms with E-state index in [1.165, 1.54) is 0 Å². The van der Waals surface area contributed by atoms with Gasteiger partial charge in [0.2, 0.25) is 5.95 Å². The molecule has 1 aromatic heterocycles. The number of hydrogen-bond donors (Lipinski definition) is 2. The maximum Gasteiger partial charge on any atom is 0.224 e. The Bertz CT molecular complexity index is 413. The van der Waals surface area contributed by atoms with Gasteiger partial charge < -0.3 is 10.6 Å². The summed E-state index contributed by atoms with van der Waals surface area (Å²) in [6.45, 7) is 11.9. The highest BCUT2D eigenvalue weighted by Gasteiger charge is 2.30. The third kappa shape index (κ3) is 3.80. The summed E-state index contributed by atoms with van der Waals surface area (Å²) < 4.78 is 0. The van der Waals surface area contributed by atoms with Gasteiger partial charge in [0.05, 0.1) is 0 Å². The van der Waals surface area contributed by atoms with Crippen molar-refractivity contribution in [3.05, 3.63) is 12.3 Å². The lowest BCUT2D eigenvalue weighted by Crippen LogP contribution is -2.40. The minimum atomic E-state index is 0.239. The van der Waals surface area contributed by atoms with Crippen LogP contribution in [0.15, 0.2) is 12.3 Å². The molecule has 0 radical (unpaired) electrons. The fourth-order valence-corrected chi connectivity index (χ4v) is 2.38. The van der Waals surface area contributed by atoms with Crippen LogP contribution in [0, 0.1) is 0 Å². The summed E-state index contributed by atoms with van der Waals surface area (Å²) in [5, 5.41) is 6.64. The van der Waals surface area contributed by atoms with Gasteiger partial charge in [0.25, 0.3) is 0 Å². The number of rotatable bonds is 4. The minimum Gasteiger partial charge on any atom is -0.370 e. The van der Waals surface area contributed by atoms with E-state index in [-0.39, 0.29) is 5.54 Å². The van der Waals surface area contributed by atoms with Crippen molar-refractivity contribution in [3.8, 4) is 0 Å². The second-order valence-corrected chi connectivity index (χ2v) is 6.04. The zero-order valence-corrected chi connectivity index (χ0v) is 12.4. The van der Waals surface area contributed by atoms with Crippen LogP contribution in [-0.2, 0) is 0 Å². The first-order valence-electron chi connectivity index (χ1n) is 7.07. The molecule has 2 rings (SSSR count). The van der Waals surface area contributed by atoms with Gasteiger partial charge in [-0.2, -0.15) is 4.98 Å². The van der Waals surface area contributed by atoms with Crippen LogP contribution < -0.4 is 10.6 Å². The summed E-state index contributed by atoms with van der Waals surface area (Å²) in [5.41, 5.74) is 0.239. The first kappa shape index (κ1) is 14.1. The van der Waals surface area contributed by atoms with Gasteiger partial charge in [0.1, 0.15) is 5.82 Å². The van der Waals surface area contributed by atoms with E-state index in [1.807, 2.05) is 6.07 Å². The Kier molecular flexibility index (Phi) is 4.24. The van der Waals surface area contributed by atoms with Crippen molar-refractivity contribution in [1.82, 2.24) is 14.9 Å². The van der Waals surface area contributed by atoms with Gasteiger partial charge in [-0.3, -0.25) is 4.90 Å². The van der Waals surface area contributed by atoms with Crippen LogP contribution in [-0.4, -0.2) is 46.1 Å². The molecule has 5 heteroatoms. The Labute approximate surface area is 115 Å². The van der Waals surface area contributed by atoms with Crippen molar-refractivity contribution in [2.75, 3.05) is 30.3 Å².